The van der Waals surface area contributed by atoms with Crippen LogP contribution in [0.2, 0.25) is 0 Å². The summed E-state index contributed by atoms with van der Waals surface area (Å²) in [5, 5.41) is 10.8. The normalized spacial score (nSPS) is 14.3. The summed E-state index contributed by atoms with van der Waals surface area (Å²) in [5.41, 5.74) is 3.64. The number of fused-ring (bicyclic) bond motifs is 1. The Labute approximate surface area is 102 Å². The molecule has 16 heavy (non-hydrogen) atoms. The number of rotatable bonds is 1. The van der Waals surface area contributed by atoms with E-state index in [9.17, 15) is 0 Å². The molecule has 0 amide bonds. The molecule has 0 aliphatic carbocycles. The van der Waals surface area contributed by atoms with Gasteiger partial charge in [-0.15, -0.1) is 0 Å². The van der Waals surface area contributed by atoms with Crippen molar-refractivity contribution in [1.29, 1.82) is 0 Å². The fourth-order valence-electron chi connectivity index (χ4n) is 2.11. The first-order valence-electron chi connectivity index (χ1n) is 5.41. The molecule has 1 aromatic heterocycles. The quantitative estimate of drug-likeness (QED) is 0.841. The van der Waals surface area contributed by atoms with Crippen LogP contribution < -0.4 is 5.32 Å². The van der Waals surface area contributed by atoms with Crippen LogP contribution in [0.15, 0.2) is 28.7 Å². The SMILES string of the molecule is Brc1cccc(-c2[nH]nc3c2CCCN3)c1. The Bertz CT molecular complexity index is 519. The zero-order chi connectivity index (χ0) is 11.0. The van der Waals surface area contributed by atoms with Crippen LogP contribution in [0.1, 0.15) is 12.0 Å². The molecule has 1 aliphatic rings. The molecule has 0 radical (unpaired) electrons. The van der Waals surface area contributed by atoms with Gasteiger partial charge in [0.25, 0.3) is 0 Å². The zero-order valence-electron chi connectivity index (χ0n) is 8.76. The van der Waals surface area contributed by atoms with Crippen molar-refractivity contribution >= 4 is 21.7 Å². The summed E-state index contributed by atoms with van der Waals surface area (Å²) < 4.78 is 1.09. The number of hydrogen-bond acceptors (Lipinski definition) is 2. The minimum Gasteiger partial charge on any atom is -0.368 e. The Morgan fingerprint density at radius 3 is 3.12 bits per heavy atom. The van der Waals surface area contributed by atoms with Crippen molar-refractivity contribution in [2.75, 3.05) is 11.9 Å². The largest absolute Gasteiger partial charge is 0.368 e. The highest BCUT2D eigenvalue weighted by molar-refractivity contribution is 9.10. The first kappa shape index (κ1) is 9.90. The molecule has 1 aliphatic heterocycles. The molecule has 2 heterocycles. The van der Waals surface area contributed by atoms with E-state index in [1.54, 1.807) is 0 Å². The molecule has 0 atom stereocenters. The first-order chi connectivity index (χ1) is 7.84. The number of anilines is 1. The van der Waals surface area contributed by atoms with E-state index in [1.165, 1.54) is 17.5 Å². The molecule has 82 valence electrons. The minimum atomic E-state index is 1.02. The molecule has 2 aromatic rings. The first-order valence-corrected chi connectivity index (χ1v) is 6.21. The van der Waals surface area contributed by atoms with Gasteiger partial charge in [0.2, 0.25) is 0 Å². The Balaban J connectivity index is 2.09. The molecule has 3 nitrogen and oxygen atoms in total. The summed E-state index contributed by atoms with van der Waals surface area (Å²) in [6.45, 7) is 1.02. The monoisotopic (exact) mass is 277 g/mol. The van der Waals surface area contributed by atoms with Crippen LogP contribution in [0.25, 0.3) is 11.3 Å². The van der Waals surface area contributed by atoms with E-state index in [0.717, 1.165) is 29.0 Å². The Hall–Kier alpha value is -1.29. The number of aromatic amines is 1. The maximum atomic E-state index is 4.31. The third-order valence-corrected chi connectivity index (χ3v) is 3.37. The molecule has 0 fully saturated rings. The fourth-order valence-corrected chi connectivity index (χ4v) is 2.51. The minimum absolute atomic E-state index is 1.02. The van der Waals surface area contributed by atoms with Crippen LogP contribution in [-0.4, -0.2) is 16.7 Å². The van der Waals surface area contributed by atoms with Gasteiger partial charge < -0.3 is 5.32 Å². The number of benzene rings is 1. The third kappa shape index (κ3) is 1.63. The van der Waals surface area contributed by atoms with Crippen LogP contribution in [-0.2, 0) is 6.42 Å². The van der Waals surface area contributed by atoms with E-state index in [1.807, 2.05) is 12.1 Å². The fraction of sp³-hybridized carbons (Fsp3) is 0.250. The highest BCUT2D eigenvalue weighted by Crippen LogP contribution is 2.31. The van der Waals surface area contributed by atoms with Crippen molar-refractivity contribution in [3.05, 3.63) is 34.3 Å². The van der Waals surface area contributed by atoms with Crippen molar-refractivity contribution in [2.24, 2.45) is 0 Å². The maximum Gasteiger partial charge on any atom is 0.151 e. The van der Waals surface area contributed by atoms with Crippen LogP contribution in [0.3, 0.4) is 0 Å². The molecule has 0 unspecified atom stereocenters. The van der Waals surface area contributed by atoms with Crippen molar-refractivity contribution in [3.63, 3.8) is 0 Å². The van der Waals surface area contributed by atoms with E-state index in [4.69, 9.17) is 0 Å². The number of aromatic nitrogens is 2. The molecule has 4 heteroatoms. The lowest BCUT2D eigenvalue weighted by atomic mass is 10.0. The predicted octanol–water partition coefficient (Wildman–Crippen LogP) is 3.20. The van der Waals surface area contributed by atoms with Crippen LogP contribution in [0, 0.1) is 0 Å². The topological polar surface area (TPSA) is 40.7 Å². The van der Waals surface area contributed by atoms with E-state index >= 15 is 0 Å². The molecule has 0 saturated heterocycles. The summed E-state index contributed by atoms with van der Waals surface area (Å²) in [4.78, 5) is 0. The van der Waals surface area contributed by atoms with Crippen molar-refractivity contribution in [3.8, 4) is 11.3 Å². The number of nitrogens with zero attached hydrogens (tertiary/aromatic N) is 1. The van der Waals surface area contributed by atoms with Gasteiger partial charge in [-0.2, -0.15) is 5.10 Å². The second-order valence-electron chi connectivity index (χ2n) is 3.97. The van der Waals surface area contributed by atoms with Gasteiger partial charge in [-0.1, -0.05) is 28.1 Å². The Morgan fingerprint density at radius 2 is 2.25 bits per heavy atom. The van der Waals surface area contributed by atoms with Crippen molar-refractivity contribution in [2.45, 2.75) is 12.8 Å². The van der Waals surface area contributed by atoms with Gasteiger partial charge in [-0.25, -0.2) is 0 Å². The summed E-state index contributed by atoms with van der Waals surface area (Å²) in [6.07, 6.45) is 2.27. The third-order valence-electron chi connectivity index (χ3n) is 2.88. The van der Waals surface area contributed by atoms with Crippen LogP contribution in [0.5, 0.6) is 0 Å². The predicted molar refractivity (Wildman–Crippen MR) is 68.5 cm³/mol. The van der Waals surface area contributed by atoms with Gasteiger partial charge in [-0.05, 0) is 25.0 Å². The maximum absolute atomic E-state index is 4.31. The van der Waals surface area contributed by atoms with Crippen LogP contribution in [0.4, 0.5) is 5.82 Å². The Kier molecular flexibility index (Phi) is 2.44. The molecule has 1 aromatic carbocycles. The van der Waals surface area contributed by atoms with Gasteiger partial charge in [0.15, 0.2) is 5.82 Å². The average Bonchev–Trinajstić information content (AvgIpc) is 2.72. The van der Waals surface area contributed by atoms with Crippen molar-refractivity contribution < 1.29 is 0 Å². The highest BCUT2D eigenvalue weighted by Gasteiger charge is 2.17. The number of nitrogens with one attached hydrogen (secondary N) is 2. The average molecular weight is 278 g/mol. The molecule has 0 bridgehead atoms. The number of hydrogen-bond donors (Lipinski definition) is 2. The van der Waals surface area contributed by atoms with Gasteiger partial charge >= 0.3 is 0 Å². The lowest BCUT2D eigenvalue weighted by Crippen LogP contribution is -2.10. The summed E-state index contributed by atoms with van der Waals surface area (Å²) in [7, 11) is 0. The van der Waals surface area contributed by atoms with Gasteiger partial charge in [0.05, 0.1) is 5.69 Å². The number of halogens is 1. The highest BCUT2D eigenvalue weighted by atomic mass is 79.9. The standard InChI is InChI=1S/C12H12BrN3/c13-9-4-1-3-8(7-9)11-10-5-2-6-14-12(10)16-15-11/h1,3-4,7H,2,5-6H2,(H2,14,15,16). The molecule has 0 spiro atoms. The second-order valence-corrected chi connectivity index (χ2v) is 4.88. The summed E-state index contributed by atoms with van der Waals surface area (Å²) in [5.74, 6) is 1.02. The second kappa shape index (κ2) is 3.94. The molecular weight excluding hydrogens is 266 g/mol. The van der Waals surface area contributed by atoms with E-state index in [0.29, 0.717) is 0 Å². The summed E-state index contributed by atoms with van der Waals surface area (Å²) >= 11 is 3.49. The van der Waals surface area contributed by atoms with Gasteiger partial charge in [0, 0.05) is 22.1 Å². The number of H-pyrrole nitrogens is 1. The molecule has 3 rings (SSSR count). The van der Waals surface area contributed by atoms with Gasteiger partial charge in [0.1, 0.15) is 0 Å². The van der Waals surface area contributed by atoms with E-state index in [2.05, 4.69) is 43.6 Å². The Morgan fingerprint density at radius 1 is 1.31 bits per heavy atom. The van der Waals surface area contributed by atoms with Crippen LogP contribution >= 0.6 is 15.9 Å². The smallest absolute Gasteiger partial charge is 0.151 e. The zero-order valence-corrected chi connectivity index (χ0v) is 10.3. The van der Waals surface area contributed by atoms with E-state index < -0.39 is 0 Å². The lowest BCUT2D eigenvalue weighted by Gasteiger charge is -2.13. The van der Waals surface area contributed by atoms with E-state index in [-0.39, 0.29) is 0 Å². The lowest BCUT2D eigenvalue weighted by molar-refractivity contribution is 0.828. The molecule has 0 saturated carbocycles. The summed E-state index contributed by atoms with van der Waals surface area (Å²) in [6, 6.07) is 8.29. The molecule has 2 N–H and O–H groups in total. The van der Waals surface area contributed by atoms with Gasteiger partial charge in [-0.3, -0.25) is 5.10 Å². The van der Waals surface area contributed by atoms with Crippen molar-refractivity contribution in [1.82, 2.24) is 10.2 Å². The molecular formula is C12H12BrN3.